The second kappa shape index (κ2) is 3.66. The maximum absolute atomic E-state index is 11.2. The number of ketones is 1. The Kier molecular flexibility index (Phi) is 2.49. The summed E-state index contributed by atoms with van der Waals surface area (Å²) in [5.74, 6) is 0.249. The summed E-state index contributed by atoms with van der Waals surface area (Å²) in [4.78, 5) is 11.2. The van der Waals surface area contributed by atoms with Gasteiger partial charge in [0.05, 0.1) is 4.47 Å². The van der Waals surface area contributed by atoms with Gasteiger partial charge in [-0.15, -0.1) is 0 Å². The molecule has 0 radical (unpaired) electrons. The molecule has 0 bridgehead atoms. The third kappa shape index (κ3) is 1.75. The van der Waals surface area contributed by atoms with Crippen LogP contribution in [0.3, 0.4) is 0 Å². The maximum atomic E-state index is 11.2. The minimum absolute atomic E-state index is 0.0427. The van der Waals surface area contributed by atoms with Crippen LogP contribution in [-0.4, -0.2) is 10.9 Å². The molecule has 0 aliphatic heterocycles. The molecule has 0 atom stereocenters. The van der Waals surface area contributed by atoms with E-state index in [9.17, 15) is 9.90 Å². The van der Waals surface area contributed by atoms with E-state index in [0.717, 1.165) is 10.8 Å². The van der Waals surface area contributed by atoms with E-state index in [1.807, 2.05) is 12.1 Å². The fraction of sp³-hybridized carbons (Fsp3) is 0.0833. The summed E-state index contributed by atoms with van der Waals surface area (Å²) in [6, 6.07) is 8.81. The first-order valence-electron chi connectivity index (χ1n) is 4.52. The topological polar surface area (TPSA) is 37.3 Å². The number of phenolic OH excluding ortho intramolecular Hbond substituents is 1. The molecule has 0 heterocycles. The Morgan fingerprint density at radius 1 is 1.27 bits per heavy atom. The monoisotopic (exact) mass is 264 g/mol. The number of phenols is 1. The van der Waals surface area contributed by atoms with Crippen molar-refractivity contribution in [2.24, 2.45) is 0 Å². The Morgan fingerprint density at radius 2 is 2.00 bits per heavy atom. The lowest BCUT2D eigenvalue weighted by Gasteiger charge is -2.04. The Bertz CT molecular complexity index is 547. The maximum Gasteiger partial charge on any atom is 0.159 e. The van der Waals surface area contributed by atoms with Crippen LogP contribution in [0.1, 0.15) is 17.3 Å². The van der Waals surface area contributed by atoms with Crippen LogP contribution in [0.25, 0.3) is 10.8 Å². The van der Waals surface area contributed by atoms with Gasteiger partial charge in [0.25, 0.3) is 0 Å². The average Bonchev–Trinajstić information content (AvgIpc) is 2.23. The summed E-state index contributed by atoms with van der Waals surface area (Å²) in [6.45, 7) is 1.54. The molecule has 0 amide bonds. The normalized spacial score (nSPS) is 10.5. The number of fused-ring (bicyclic) bond motifs is 1. The van der Waals surface area contributed by atoms with E-state index < -0.39 is 0 Å². The minimum atomic E-state index is 0.0427. The third-order valence-corrected chi connectivity index (χ3v) is 3.17. The van der Waals surface area contributed by atoms with E-state index in [1.54, 1.807) is 18.2 Å². The van der Waals surface area contributed by atoms with Gasteiger partial charge < -0.3 is 5.11 Å². The number of benzene rings is 2. The molecule has 0 aliphatic rings. The summed E-state index contributed by atoms with van der Waals surface area (Å²) in [7, 11) is 0. The molecule has 76 valence electrons. The summed E-state index contributed by atoms with van der Waals surface area (Å²) >= 11 is 3.31. The van der Waals surface area contributed by atoms with E-state index >= 15 is 0 Å². The molecule has 0 unspecified atom stereocenters. The molecule has 0 aromatic heterocycles. The van der Waals surface area contributed by atoms with Gasteiger partial charge in [-0.1, -0.05) is 18.2 Å². The first-order valence-corrected chi connectivity index (χ1v) is 5.31. The molecular weight excluding hydrogens is 256 g/mol. The van der Waals surface area contributed by atoms with E-state index in [2.05, 4.69) is 15.9 Å². The van der Waals surface area contributed by atoms with Gasteiger partial charge in [0.2, 0.25) is 0 Å². The Labute approximate surface area is 95.7 Å². The van der Waals surface area contributed by atoms with Crippen molar-refractivity contribution in [2.75, 3.05) is 0 Å². The van der Waals surface area contributed by atoms with Gasteiger partial charge in [-0.05, 0) is 45.8 Å². The van der Waals surface area contributed by atoms with Gasteiger partial charge >= 0.3 is 0 Å². The molecule has 1 N–H and O–H groups in total. The van der Waals surface area contributed by atoms with Crippen molar-refractivity contribution < 1.29 is 9.90 Å². The highest BCUT2D eigenvalue weighted by molar-refractivity contribution is 9.10. The lowest BCUT2D eigenvalue weighted by Crippen LogP contribution is -1.91. The van der Waals surface area contributed by atoms with Crippen molar-refractivity contribution in [1.29, 1.82) is 0 Å². The number of rotatable bonds is 1. The van der Waals surface area contributed by atoms with Crippen molar-refractivity contribution in [3.63, 3.8) is 0 Å². The molecule has 0 fully saturated rings. The lowest BCUT2D eigenvalue weighted by molar-refractivity contribution is 0.101. The fourth-order valence-electron chi connectivity index (χ4n) is 1.50. The number of Topliss-reactive ketones (excluding diaryl/α,β-unsaturated/α-hetero) is 1. The lowest BCUT2D eigenvalue weighted by atomic mass is 10.0. The Morgan fingerprint density at radius 3 is 2.67 bits per heavy atom. The highest BCUT2D eigenvalue weighted by Gasteiger charge is 2.06. The van der Waals surface area contributed by atoms with Crippen molar-refractivity contribution in [3.8, 4) is 5.75 Å². The van der Waals surface area contributed by atoms with Crippen LogP contribution in [0.2, 0.25) is 0 Å². The van der Waals surface area contributed by atoms with E-state index in [1.165, 1.54) is 6.92 Å². The summed E-state index contributed by atoms with van der Waals surface area (Å²) in [5, 5.41) is 11.3. The van der Waals surface area contributed by atoms with E-state index in [-0.39, 0.29) is 11.5 Å². The summed E-state index contributed by atoms with van der Waals surface area (Å²) in [6.07, 6.45) is 0. The Balaban J connectivity index is 2.75. The van der Waals surface area contributed by atoms with Crippen LogP contribution in [0, 0.1) is 0 Å². The molecule has 15 heavy (non-hydrogen) atoms. The zero-order valence-corrected chi connectivity index (χ0v) is 9.71. The van der Waals surface area contributed by atoms with Gasteiger partial charge in [-0.2, -0.15) is 0 Å². The number of hydrogen-bond acceptors (Lipinski definition) is 2. The molecule has 0 saturated heterocycles. The predicted molar refractivity (Wildman–Crippen MR) is 63.3 cm³/mol. The Hall–Kier alpha value is -1.35. The number of aromatic hydroxyl groups is 1. The van der Waals surface area contributed by atoms with Crippen LogP contribution < -0.4 is 0 Å². The van der Waals surface area contributed by atoms with Crippen molar-refractivity contribution in [1.82, 2.24) is 0 Å². The van der Waals surface area contributed by atoms with Crippen molar-refractivity contribution in [2.45, 2.75) is 6.92 Å². The average molecular weight is 265 g/mol. The molecule has 0 saturated carbocycles. The molecule has 2 nitrogen and oxygen atoms in total. The number of hydrogen-bond donors (Lipinski definition) is 1. The molecule has 2 aromatic rings. The van der Waals surface area contributed by atoms with Gasteiger partial charge in [0.1, 0.15) is 5.75 Å². The van der Waals surface area contributed by atoms with Gasteiger partial charge in [-0.3, -0.25) is 4.79 Å². The predicted octanol–water partition coefficient (Wildman–Crippen LogP) is 3.51. The SMILES string of the molecule is CC(=O)c1ccc2c(Br)c(O)ccc2c1. The first-order chi connectivity index (χ1) is 7.09. The minimum Gasteiger partial charge on any atom is -0.507 e. The standard InChI is InChI=1S/C12H9BrO2/c1-7(14)8-2-4-10-9(6-8)3-5-11(15)12(10)13/h2-6,15H,1H3. The number of carbonyl (C=O) groups is 1. The van der Waals surface area contributed by atoms with Gasteiger partial charge in [-0.25, -0.2) is 0 Å². The van der Waals surface area contributed by atoms with Gasteiger partial charge in [0.15, 0.2) is 5.78 Å². The smallest absolute Gasteiger partial charge is 0.159 e. The molecule has 0 aliphatic carbocycles. The van der Waals surface area contributed by atoms with Gasteiger partial charge in [0, 0.05) is 5.56 Å². The second-order valence-corrected chi connectivity index (χ2v) is 4.18. The van der Waals surface area contributed by atoms with Crippen LogP contribution in [0.15, 0.2) is 34.8 Å². The number of carbonyl (C=O) groups excluding carboxylic acids is 1. The third-order valence-electron chi connectivity index (χ3n) is 2.34. The fourth-order valence-corrected chi connectivity index (χ4v) is 1.99. The second-order valence-electron chi connectivity index (χ2n) is 3.39. The molecule has 3 heteroatoms. The highest BCUT2D eigenvalue weighted by Crippen LogP contribution is 2.32. The molecule has 2 rings (SSSR count). The van der Waals surface area contributed by atoms with Crippen LogP contribution in [-0.2, 0) is 0 Å². The van der Waals surface area contributed by atoms with E-state index in [4.69, 9.17) is 0 Å². The zero-order valence-electron chi connectivity index (χ0n) is 8.12. The molecular formula is C12H9BrO2. The van der Waals surface area contributed by atoms with Crippen molar-refractivity contribution >= 4 is 32.5 Å². The summed E-state index contributed by atoms with van der Waals surface area (Å²) in [5.41, 5.74) is 0.681. The molecule has 2 aromatic carbocycles. The number of halogens is 1. The summed E-state index contributed by atoms with van der Waals surface area (Å²) < 4.78 is 0.662. The quantitative estimate of drug-likeness (QED) is 0.801. The van der Waals surface area contributed by atoms with Crippen LogP contribution >= 0.6 is 15.9 Å². The van der Waals surface area contributed by atoms with Crippen LogP contribution in [0.5, 0.6) is 5.75 Å². The van der Waals surface area contributed by atoms with Crippen LogP contribution in [0.4, 0.5) is 0 Å². The molecule has 0 spiro atoms. The first kappa shape index (κ1) is 10.2. The highest BCUT2D eigenvalue weighted by atomic mass is 79.9. The van der Waals surface area contributed by atoms with E-state index in [0.29, 0.717) is 10.0 Å². The zero-order chi connectivity index (χ0) is 11.0. The largest absolute Gasteiger partial charge is 0.507 e. The van der Waals surface area contributed by atoms with Crippen molar-refractivity contribution in [3.05, 3.63) is 40.4 Å².